The van der Waals surface area contributed by atoms with Crippen molar-refractivity contribution >= 4 is 33.8 Å². The SMILES string of the molecule is COCc1[nH]c(-c2cc([N+](=O)[O-])ccc2C)nc(=S)c1Br. The quantitative estimate of drug-likeness (QED) is 0.501. The van der Waals surface area contributed by atoms with Crippen molar-refractivity contribution in [2.75, 3.05) is 7.11 Å². The first-order valence-corrected chi connectivity index (χ1v) is 7.17. The average molecular weight is 370 g/mol. The summed E-state index contributed by atoms with van der Waals surface area (Å²) in [5.74, 6) is 0.483. The summed E-state index contributed by atoms with van der Waals surface area (Å²) >= 11 is 8.56. The number of benzene rings is 1. The first-order chi connectivity index (χ1) is 9.93. The van der Waals surface area contributed by atoms with Gasteiger partial charge in [0.15, 0.2) is 0 Å². The Morgan fingerprint density at radius 2 is 2.24 bits per heavy atom. The van der Waals surface area contributed by atoms with E-state index in [0.717, 1.165) is 11.3 Å². The Hall–Kier alpha value is -1.64. The van der Waals surface area contributed by atoms with E-state index in [1.54, 1.807) is 13.2 Å². The summed E-state index contributed by atoms with van der Waals surface area (Å²) in [6, 6.07) is 4.62. The van der Waals surface area contributed by atoms with E-state index in [2.05, 4.69) is 25.9 Å². The average Bonchev–Trinajstić information content (AvgIpc) is 2.44. The molecule has 0 spiro atoms. The second-order valence-electron chi connectivity index (χ2n) is 4.37. The van der Waals surface area contributed by atoms with Crippen LogP contribution in [0.25, 0.3) is 11.4 Å². The Balaban J connectivity index is 2.64. The predicted octanol–water partition coefficient (Wildman–Crippen LogP) is 3.93. The monoisotopic (exact) mass is 369 g/mol. The van der Waals surface area contributed by atoms with E-state index in [1.165, 1.54) is 12.1 Å². The Morgan fingerprint density at radius 3 is 2.86 bits per heavy atom. The van der Waals surface area contributed by atoms with Gasteiger partial charge < -0.3 is 9.72 Å². The van der Waals surface area contributed by atoms with Crippen LogP contribution in [0.15, 0.2) is 22.7 Å². The molecule has 0 saturated carbocycles. The van der Waals surface area contributed by atoms with Gasteiger partial charge in [-0.15, -0.1) is 0 Å². The van der Waals surface area contributed by atoms with Crippen molar-refractivity contribution in [1.29, 1.82) is 0 Å². The molecule has 0 bridgehead atoms. The number of nitro benzene ring substituents is 1. The number of ether oxygens (including phenoxy) is 1. The van der Waals surface area contributed by atoms with Gasteiger partial charge in [0.05, 0.1) is 21.7 Å². The number of non-ortho nitro benzene ring substituents is 1. The molecule has 0 unspecified atom stereocenters. The third kappa shape index (κ3) is 3.34. The highest BCUT2D eigenvalue weighted by Gasteiger charge is 2.14. The van der Waals surface area contributed by atoms with Crippen LogP contribution in [-0.4, -0.2) is 22.0 Å². The first-order valence-electron chi connectivity index (χ1n) is 5.97. The van der Waals surface area contributed by atoms with Crippen LogP contribution in [0.4, 0.5) is 5.69 Å². The van der Waals surface area contributed by atoms with Crippen LogP contribution in [0.3, 0.4) is 0 Å². The van der Waals surface area contributed by atoms with E-state index in [4.69, 9.17) is 17.0 Å². The molecular formula is C13H12BrN3O3S. The minimum absolute atomic E-state index is 0.00734. The van der Waals surface area contributed by atoms with Crippen LogP contribution < -0.4 is 0 Å². The molecule has 0 fully saturated rings. The molecule has 2 aromatic rings. The number of hydrogen-bond acceptors (Lipinski definition) is 5. The minimum Gasteiger partial charge on any atom is -0.378 e. The summed E-state index contributed by atoms with van der Waals surface area (Å²) in [6.45, 7) is 2.18. The molecular weight excluding hydrogens is 358 g/mol. The predicted molar refractivity (Wildman–Crippen MR) is 84.7 cm³/mol. The van der Waals surface area contributed by atoms with E-state index in [-0.39, 0.29) is 5.69 Å². The number of halogens is 1. The van der Waals surface area contributed by atoms with Gasteiger partial charge in [0.1, 0.15) is 10.5 Å². The van der Waals surface area contributed by atoms with E-state index < -0.39 is 4.92 Å². The molecule has 1 aromatic carbocycles. The van der Waals surface area contributed by atoms with Crippen molar-refractivity contribution in [3.8, 4) is 11.4 Å². The molecule has 8 heteroatoms. The zero-order valence-electron chi connectivity index (χ0n) is 11.3. The van der Waals surface area contributed by atoms with Crippen LogP contribution in [0, 0.1) is 21.7 Å². The molecule has 21 heavy (non-hydrogen) atoms. The largest absolute Gasteiger partial charge is 0.378 e. The maximum atomic E-state index is 10.9. The Morgan fingerprint density at radius 1 is 1.52 bits per heavy atom. The number of H-pyrrole nitrogens is 1. The van der Waals surface area contributed by atoms with Gasteiger partial charge in [0.2, 0.25) is 0 Å². The van der Waals surface area contributed by atoms with Crippen molar-refractivity contribution in [3.63, 3.8) is 0 Å². The molecule has 0 aliphatic carbocycles. The van der Waals surface area contributed by atoms with Gasteiger partial charge in [-0.05, 0) is 28.4 Å². The minimum atomic E-state index is -0.438. The zero-order chi connectivity index (χ0) is 15.6. The maximum absolute atomic E-state index is 10.9. The van der Waals surface area contributed by atoms with Gasteiger partial charge in [-0.1, -0.05) is 18.3 Å². The summed E-state index contributed by atoms with van der Waals surface area (Å²) in [6.07, 6.45) is 0. The van der Waals surface area contributed by atoms with Gasteiger partial charge in [0, 0.05) is 24.8 Å². The second kappa shape index (κ2) is 6.42. The normalized spacial score (nSPS) is 10.6. The number of rotatable bonds is 4. The van der Waals surface area contributed by atoms with E-state index in [9.17, 15) is 10.1 Å². The molecule has 0 atom stereocenters. The van der Waals surface area contributed by atoms with Crippen LogP contribution >= 0.6 is 28.1 Å². The number of hydrogen-bond donors (Lipinski definition) is 1. The van der Waals surface area contributed by atoms with Crippen LogP contribution in [0.1, 0.15) is 11.3 Å². The van der Waals surface area contributed by atoms with Crippen molar-refractivity contribution in [2.45, 2.75) is 13.5 Å². The summed E-state index contributed by atoms with van der Waals surface area (Å²) in [7, 11) is 1.57. The lowest BCUT2D eigenvalue weighted by Gasteiger charge is -2.10. The topological polar surface area (TPSA) is 81.0 Å². The van der Waals surface area contributed by atoms with Gasteiger partial charge in [-0.25, -0.2) is 4.98 Å². The lowest BCUT2D eigenvalue weighted by atomic mass is 10.1. The van der Waals surface area contributed by atoms with E-state index in [0.29, 0.717) is 27.1 Å². The molecule has 0 saturated heterocycles. The number of methoxy groups -OCH3 is 1. The standard InChI is InChI=1S/C13H12BrN3O3S/c1-7-3-4-8(17(18)19)5-9(7)12-15-10(6-20-2)11(14)13(21)16-12/h3-5H,6H2,1-2H3,(H,15,16,21). The summed E-state index contributed by atoms with van der Waals surface area (Å²) in [4.78, 5) is 17.9. The van der Waals surface area contributed by atoms with Gasteiger partial charge >= 0.3 is 0 Å². The van der Waals surface area contributed by atoms with Crippen molar-refractivity contribution in [1.82, 2.24) is 9.97 Å². The Labute approximate surface area is 134 Å². The van der Waals surface area contributed by atoms with E-state index in [1.807, 2.05) is 6.92 Å². The molecule has 0 aliphatic heterocycles. The summed E-state index contributed by atoms with van der Waals surface area (Å²) < 4.78 is 6.14. The van der Waals surface area contributed by atoms with Crippen LogP contribution in [-0.2, 0) is 11.3 Å². The third-order valence-electron chi connectivity index (χ3n) is 2.91. The smallest absolute Gasteiger partial charge is 0.270 e. The molecule has 0 amide bonds. The molecule has 1 aromatic heterocycles. The molecule has 1 heterocycles. The molecule has 110 valence electrons. The second-order valence-corrected chi connectivity index (χ2v) is 5.55. The summed E-state index contributed by atoms with van der Waals surface area (Å²) in [5, 5.41) is 10.9. The molecule has 2 rings (SSSR count). The van der Waals surface area contributed by atoms with Gasteiger partial charge in [0.25, 0.3) is 5.69 Å². The highest BCUT2D eigenvalue weighted by Crippen LogP contribution is 2.27. The van der Waals surface area contributed by atoms with Gasteiger partial charge in [-0.2, -0.15) is 0 Å². The fraction of sp³-hybridized carbons (Fsp3) is 0.231. The lowest BCUT2D eigenvalue weighted by molar-refractivity contribution is -0.384. The molecule has 0 radical (unpaired) electrons. The third-order valence-corrected chi connectivity index (χ3v) is 4.32. The fourth-order valence-electron chi connectivity index (χ4n) is 1.86. The van der Waals surface area contributed by atoms with Crippen molar-refractivity contribution in [2.24, 2.45) is 0 Å². The van der Waals surface area contributed by atoms with Crippen molar-refractivity contribution in [3.05, 3.63) is 48.7 Å². The number of aromatic amines is 1. The highest BCUT2D eigenvalue weighted by molar-refractivity contribution is 9.10. The zero-order valence-corrected chi connectivity index (χ0v) is 13.7. The molecule has 0 aliphatic rings. The van der Waals surface area contributed by atoms with Crippen LogP contribution in [0.5, 0.6) is 0 Å². The fourth-order valence-corrected chi connectivity index (χ4v) is 2.37. The summed E-state index contributed by atoms with van der Waals surface area (Å²) in [5.41, 5.74) is 2.25. The number of aryl methyl sites for hydroxylation is 1. The Bertz CT molecular complexity index is 761. The van der Waals surface area contributed by atoms with Crippen LogP contribution in [0.2, 0.25) is 0 Å². The highest BCUT2D eigenvalue weighted by atomic mass is 79.9. The number of nitrogens with one attached hydrogen (secondary N) is 1. The van der Waals surface area contributed by atoms with E-state index >= 15 is 0 Å². The molecule has 6 nitrogen and oxygen atoms in total. The van der Waals surface area contributed by atoms with Crippen molar-refractivity contribution < 1.29 is 9.66 Å². The Kier molecular flexibility index (Phi) is 4.81. The first kappa shape index (κ1) is 15.7. The number of aromatic nitrogens is 2. The lowest BCUT2D eigenvalue weighted by Crippen LogP contribution is -2.01. The number of nitrogens with zero attached hydrogens (tertiary/aromatic N) is 2. The number of nitro groups is 1. The van der Waals surface area contributed by atoms with Gasteiger partial charge in [-0.3, -0.25) is 10.1 Å². The maximum Gasteiger partial charge on any atom is 0.270 e. The molecule has 1 N–H and O–H groups in total.